The van der Waals surface area contributed by atoms with Crippen LogP contribution in [0, 0.1) is 0 Å². The van der Waals surface area contributed by atoms with Crippen LogP contribution < -0.4 is 4.90 Å². The molecule has 4 rings (SSSR count). The molecule has 4 aromatic rings. The molecule has 29 heavy (non-hydrogen) atoms. The van der Waals surface area contributed by atoms with Gasteiger partial charge in [-0.3, -0.25) is 4.57 Å². The first-order valence-corrected chi connectivity index (χ1v) is 11.7. The fourth-order valence-corrected chi connectivity index (χ4v) is 5.44. The van der Waals surface area contributed by atoms with Crippen molar-refractivity contribution < 1.29 is 4.90 Å². The molecule has 0 unspecified atom stereocenters. The van der Waals surface area contributed by atoms with Crippen molar-refractivity contribution in [1.29, 1.82) is 0 Å². The standard InChI is InChI=1S/C22H25N5S2/c1-4-18(26(2)3)21-24-25-22(27(21)14-16-10-6-5-7-11-16)28-15-20-23-17-12-8-9-13-19(17)29-20/h5-13,18H,4,14-15H2,1-3H3/p+1/t18-/m1/s1. The Hall–Kier alpha value is -2.22. The maximum absolute atomic E-state index is 4.76. The Morgan fingerprint density at radius 2 is 1.79 bits per heavy atom. The summed E-state index contributed by atoms with van der Waals surface area (Å²) in [5.41, 5.74) is 2.33. The Labute approximate surface area is 179 Å². The molecule has 150 valence electrons. The summed E-state index contributed by atoms with van der Waals surface area (Å²) >= 11 is 3.48. The summed E-state index contributed by atoms with van der Waals surface area (Å²) in [5, 5.41) is 11.3. The van der Waals surface area contributed by atoms with E-state index < -0.39 is 0 Å². The van der Waals surface area contributed by atoms with Crippen LogP contribution in [-0.4, -0.2) is 33.8 Å². The van der Waals surface area contributed by atoms with E-state index >= 15 is 0 Å². The normalized spacial score (nSPS) is 12.7. The first-order chi connectivity index (χ1) is 14.2. The zero-order valence-corrected chi connectivity index (χ0v) is 18.6. The van der Waals surface area contributed by atoms with E-state index in [9.17, 15) is 0 Å². The van der Waals surface area contributed by atoms with Gasteiger partial charge in [-0.1, -0.05) is 61.2 Å². The van der Waals surface area contributed by atoms with Crippen LogP contribution in [0.5, 0.6) is 0 Å². The number of rotatable bonds is 8. The van der Waals surface area contributed by atoms with Crippen molar-refractivity contribution in [1.82, 2.24) is 19.7 Å². The molecule has 2 heterocycles. The lowest BCUT2D eigenvalue weighted by atomic mass is 10.2. The Morgan fingerprint density at radius 3 is 2.52 bits per heavy atom. The van der Waals surface area contributed by atoms with Crippen LogP contribution >= 0.6 is 23.1 Å². The van der Waals surface area contributed by atoms with Gasteiger partial charge in [-0.25, -0.2) is 4.98 Å². The fourth-order valence-electron chi connectivity index (χ4n) is 3.54. The number of para-hydroxylation sites is 1. The van der Waals surface area contributed by atoms with E-state index in [2.05, 4.69) is 84.3 Å². The third-order valence-corrected chi connectivity index (χ3v) is 7.21. The first-order valence-electron chi connectivity index (χ1n) is 9.90. The highest BCUT2D eigenvalue weighted by atomic mass is 32.2. The molecule has 2 aromatic carbocycles. The summed E-state index contributed by atoms with van der Waals surface area (Å²) < 4.78 is 3.52. The summed E-state index contributed by atoms with van der Waals surface area (Å²) in [4.78, 5) is 6.14. The van der Waals surface area contributed by atoms with Gasteiger partial charge < -0.3 is 4.90 Å². The van der Waals surface area contributed by atoms with Gasteiger partial charge in [-0.2, -0.15) is 0 Å². The van der Waals surface area contributed by atoms with Crippen molar-refractivity contribution in [2.24, 2.45) is 0 Å². The van der Waals surface area contributed by atoms with Crippen LogP contribution in [0.4, 0.5) is 0 Å². The van der Waals surface area contributed by atoms with Crippen molar-refractivity contribution in [3.8, 4) is 0 Å². The summed E-state index contributed by atoms with van der Waals surface area (Å²) in [5.74, 6) is 1.86. The minimum atomic E-state index is 0.322. The molecule has 1 atom stereocenters. The number of thioether (sulfide) groups is 1. The van der Waals surface area contributed by atoms with E-state index in [-0.39, 0.29) is 0 Å². The zero-order chi connectivity index (χ0) is 20.2. The van der Waals surface area contributed by atoms with E-state index in [1.807, 2.05) is 6.07 Å². The number of fused-ring (bicyclic) bond motifs is 1. The summed E-state index contributed by atoms with van der Waals surface area (Å²) in [6.07, 6.45) is 1.03. The number of nitrogens with one attached hydrogen (secondary N) is 1. The summed E-state index contributed by atoms with van der Waals surface area (Å²) in [6, 6.07) is 19.2. The molecule has 0 spiro atoms. The number of quaternary nitrogens is 1. The van der Waals surface area contributed by atoms with Crippen LogP contribution in [0.3, 0.4) is 0 Å². The van der Waals surface area contributed by atoms with Crippen LogP contribution in [-0.2, 0) is 12.3 Å². The van der Waals surface area contributed by atoms with E-state index in [0.29, 0.717) is 6.04 Å². The second-order valence-corrected chi connectivity index (χ2v) is 9.37. The number of benzene rings is 2. The van der Waals surface area contributed by atoms with Gasteiger partial charge in [0, 0.05) is 6.42 Å². The van der Waals surface area contributed by atoms with Crippen LogP contribution in [0.25, 0.3) is 10.2 Å². The van der Waals surface area contributed by atoms with Crippen LogP contribution in [0.15, 0.2) is 59.8 Å². The van der Waals surface area contributed by atoms with Gasteiger partial charge >= 0.3 is 0 Å². The zero-order valence-electron chi connectivity index (χ0n) is 17.0. The Morgan fingerprint density at radius 1 is 1.03 bits per heavy atom. The fraction of sp³-hybridized carbons (Fsp3) is 0.318. The molecule has 5 nitrogen and oxygen atoms in total. The molecule has 0 saturated heterocycles. The number of hydrogen-bond donors (Lipinski definition) is 1. The van der Waals surface area contributed by atoms with Crippen LogP contribution in [0.1, 0.15) is 35.8 Å². The third kappa shape index (κ3) is 4.52. The molecule has 0 amide bonds. The molecule has 0 aliphatic carbocycles. The molecule has 0 aliphatic rings. The maximum atomic E-state index is 4.76. The van der Waals surface area contributed by atoms with Crippen molar-refractivity contribution in [3.05, 3.63) is 71.0 Å². The molecular weight excluding hydrogens is 398 g/mol. The minimum Gasteiger partial charge on any atom is -0.331 e. The number of thiazole rings is 1. The van der Waals surface area contributed by atoms with Crippen LogP contribution in [0.2, 0.25) is 0 Å². The summed E-state index contributed by atoms with van der Waals surface area (Å²) in [7, 11) is 4.37. The third-order valence-electron chi connectivity index (χ3n) is 5.01. The lowest BCUT2D eigenvalue weighted by molar-refractivity contribution is -0.893. The highest BCUT2D eigenvalue weighted by Gasteiger charge is 2.25. The first kappa shape index (κ1) is 20.1. The number of aromatic nitrogens is 4. The smallest absolute Gasteiger partial charge is 0.192 e. The topological polar surface area (TPSA) is 48.0 Å². The highest BCUT2D eigenvalue weighted by molar-refractivity contribution is 7.98. The second kappa shape index (κ2) is 9.07. The van der Waals surface area contributed by atoms with Gasteiger partial charge in [0.25, 0.3) is 0 Å². The molecule has 0 bridgehead atoms. The molecule has 1 N–H and O–H groups in total. The van der Waals surface area contributed by atoms with E-state index in [0.717, 1.165) is 40.2 Å². The predicted octanol–water partition coefficient (Wildman–Crippen LogP) is 3.82. The Kier molecular flexibility index (Phi) is 6.28. The van der Waals surface area contributed by atoms with Gasteiger partial charge in [0.1, 0.15) is 11.0 Å². The highest BCUT2D eigenvalue weighted by Crippen LogP contribution is 2.29. The largest absolute Gasteiger partial charge is 0.331 e. The molecule has 0 saturated carbocycles. The van der Waals surface area contributed by atoms with Gasteiger partial charge in [-0.05, 0) is 17.7 Å². The lowest BCUT2D eigenvalue weighted by Crippen LogP contribution is -3.06. The maximum Gasteiger partial charge on any atom is 0.192 e. The SMILES string of the molecule is CC[C@H](c1nnc(SCc2nc3ccccc3s2)n1Cc1ccccc1)[NH+](C)C. The predicted molar refractivity (Wildman–Crippen MR) is 121 cm³/mol. The molecular formula is C22H26N5S2+. The average molecular weight is 425 g/mol. The monoisotopic (exact) mass is 424 g/mol. The van der Waals surface area contributed by atoms with Crippen molar-refractivity contribution in [2.75, 3.05) is 14.1 Å². The molecule has 7 heteroatoms. The van der Waals surface area contributed by atoms with E-state index in [1.165, 1.54) is 15.2 Å². The van der Waals surface area contributed by atoms with E-state index in [4.69, 9.17) is 4.98 Å². The van der Waals surface area contributed by atoms with Crippen molar-refractivity contribution in [3.63, 3.8) is 0 Å². The molecule has 0 radical (unpaired) electrons. The lowest BCUT2D eigenvalue weighted by Gasteiger charge is -2.20. The van der Waals surface area contributed by atoms with E-state index in [1.54, 1.807) is 23.1 Å². The molecule has 0 fully saturated rings. The van der Waals surface area contributed by atoms with Gasteiger partial charge in [0.05, 0.1) is 36.6 Å². The van der Waals surface area contributed by atoms with Crippen molar-refractivity contribution >= 4 is 33.3 Å². The Bertz CT molecular complexity index is 1040. The van der Waals surface area contributed by atoms with Gasteiger partial charge in [0.2, 0.25) is 0 Å². The Balaban J connectivity index is 1.61. The number of nitrogens with zero attached hydrogens (tertiary/aromatic N) is 4. The number of hydrogen-bond acceptors (Lipinski definition) is 5. The molecule has 0 aliphatic heterocycles. The summed E-state index contributed by atoms with van der Waals surface area (Å²) in [6.45, 7) is 3.00. The minimum absolute atomic E-state index is 0.322. The van der Waals surface area contributed by atoms with Crippen molar-refractivity contribution in [2.45, 2.75) is 36.8 Å². The average Bonchev–Trinajstić information content (AvgIpc) is 3.31. The quantitative estimate of drug-likeness (QED) is 0.437. The second-order valence-electron chi connectivity index (χ2n) is 7.31. The molecule has 2 aromatic heterocycles. The van der Waals surface area contributed by atoms with Gasteiger partial charge in [0.15, 0.2) is 11.0 Å². The van der Waals surface area contributed by atoms with Gasteiger partial charge in [-0.15, -0.1) is 21.5 Å².